The Morgan fingerprint density at radius 1 is 1.29 bits per heavy atom. The summed E-state index contributed by atoms with van der Waals surface area (Å²) >= 11 is 1.44. The molecule has 0 radical (unpaired) electrons. The topological polar surface area (TPSA) is 75.0 Å². The number of rotatable bonds is 6. The molecular weight excluding hydrogens is 370 g/mol. The number of aromatic nitrogens is 1. The lowest BCUT2D eigenvalue weighted by Gasteiger charge is -2.15. The first-order valence-electron chi connectivity index (χ1n) is 9.03. The maximum absolute atomic E-state index is 12.9. The van der Waals surface area contributed by atoms with Crippen LogP contribution in [-0.4, -0.2) is 18.0 Å². The summed E-state index contributed by atoms with van der Waals surface area (Å²) in [5, 5.41) is 12.8. The number of nitriles is 1. The Bertz CT molecular complexity index is 1060. The lowest BCUT2D eigenvalue weighted by molar-refractivity contribution is -0.118. The third-order valence-corrected chi connectivity index (χ3v) is 6.00. The molecule has 1 saturated carbocycles. The minimum Gasteiger partial charge on any atom is -0.497 e. The van der Waals surface area contributed by atoms with E-state index in [1.807, 2.05) is 48.5 Å². The van der Waals surface area contributed by atoms with Gasteiger partial charge < -0.3 is 10.1 Å². The van der Waals surface area contributed by atoms with Crippen LogP contribution in [-0.2, 0) is 16.6 Å². The molecule has 0 atom stereocenters. The van der Waals surface area contributed by atoms with Gasteiger partial charge in [0.15, 0.2) is 5.13 Å². The summed E-state index contributed by atoms with van der Waals surface area (Å²) in [5.41, 5.74) is 2.11. The number of nitrogens with one attached hydrogen (secondary N) is 1. The zero-order valence-electron chi connectivity index (χ0n) is 15.4. The highest BCUT2D eigenvalue weighted by molar-refractivity contribution is 7.15. The van der Waals surface area contributed by atoms with E-state index in [2.05, 4.69) is 16.4 Å². The summed E-state index contributed by atoms with van der Waals surface area (Å²) in [6, 6.07) is 17.4. The molecule has 140 valence electrons. The molecule has 1 amide bonds. The predicted molar refractivity (Wildman–Crippen MR) is 109 cm³/mol. The minimum atomic E-state index is -0.492. The zero-order valence-corrected chi connectivity index (χ0v) is 16.3. The Morgan fingerprint density at radius 3 is 2.86 bits per heavy atom. The monoisotopic (exact) mass is 389 g/mol. The first-order valence-corrected chi connectivity index (χ1v) is 9.85. The maximum atomic E-state index is 12.9. The number of carbonyl (C=O) groups is 1. The maximum Gasteiger partial charge on any atom is 0.236 e. The van der Waals surface area contributed by atoms with E-state index in [0.29, 0.717) is 17.1 Å². The molecule has 1 aliphatic rings. The van der Waals surface area contributed by atoms with Crippen molar-refractivity contribution in [2.45, 2.75) is 24.7 Å². The van der Waals surface area contributed by atoms with Gasteiger partial charge in [-0.15, -0.1) is 11.3 Å². The molecular formula is C22H19N3O2S. The Hall–Kier alpha value is -3.17. The summed E-state index contributed by atoms with van der Waals surface area (Å²) in [5.74, 6) is 0.725. The molecule has 1 heterocycles. The van der Waals surface area contributed by atoms with Crippen LogP contribution in [0.5, 0.6) is 5.75 Å². The van der Waals surface area contributed by atoms with Gasteiger partial charge in [-0.2, -0.15) is 5.26 Å². The van der Waals surface area contributed by atoms with Crippen LogP contribution in [0.4, 0.5) is 5.13 Å². The number of methoxy groups -OCH3 is 1. The van der Waals surface area contributed by atoms with Crippen molar-refractivity contribution in [3.05, 3.63) is 76.3 Å². The van der Waals surface area contributed by atoms with Gasteiger partial charge in [-0.25, -0.2) is 4.98 Å². The molecule has 3 aromatic rings. The lowest BCUT2D eigenvalue weighted by Crippen LogP contribution is -2.27. The van der Waals surface area contributed by atoms with Crippen molar-refractivity contribution in [2.75, 3.05) is 12.4 Å². The third-order valence-electron chi connectivity index (χ3n) is 5.08. The molecule has 4 rings (SSSR count). The van der Waals surface area contributed by atoms with E-state index in [0.717, 1.165) is 34.6 Å². The van der Waals surface area contributed by atoms with Crippen LogP contribution >= 0.6 is 11.3 Å². The van der Waals surface area contributed by atoms with Crippen molar-refractivity contribution in [3.63, 3.8) is 0 Å². The number of hydrogen-bond acceptors (Lipinski definition) is 5. The highest BCUT2D eigenvalue weighted by Gasteiger charge is 2.51. The van der Waals surface area contributed by atoms with Gasteiger partial charge in [-0.05, 0) is 42.2 Å². The molecule has 0 bridgehead atoms. The van der Waals surface area contributed by atoms with Gasteiger partial charge in [0, 0.05) is 17.5 Å². The second-order valence-electron chi connectivity index (χ2n) is 6.85. The average molecular weight is 389 g/mol. The highest BCUT2D eigenvalue weighted by Crippen LogP contribution is 2.49. The average Bonchev–Trinajstić information content (AvgIpc) is 3.44. The number of anilines is 1. The molecule has 0 unspecified atom stereocenters. The third kappa shape index (κ3) is 3.49. The Labute approximate surface area is 167 Å². The van der Waals surface area contributed by atoms with E-state index in [1.54, 1.807) is 13.3 Å². The number of hydrogen-bond donors (Lipinski definition) is 1. The number of benzene rings is 2. The Kier molecular flexibility index (Phi) is 4.84. The molecule has 0 spiro atoms. The second-order valence-corrected chi connectivity index (χ2v) is 7.96. The van der Waals surface area contributed by atoms with Crippen LogP contribution < -0.4 is 10.1 Å². The predicted octanol–water partition coefficient (Wildman–Crippen LogP) is 4.28. The largest absolute Gasteiger partial charge is 0.497 e. The summed E-state index contributed by atoms with van der Waals surface area (Å²) in [6.07, 6.45) is 4.03. The summed E-state index contributed by atoms with van der Waals surface area (Å²) in [6.45, 7) is 0. The molecule has 5 nitrogen and oxygen atoms in total. The van der Waals surface area contributed by atoms with Crippen molar-refractivity contribution in [2.24, 2.45) is 0 Å². The first-order chi connectivity index (χ1) is 13.6. The molecule has 0 saturated heterocycles. The molecule has 0 aliphatic heterocycles. The van der Waals surface area contributed by atoms with E-state index < -0.39 is 5.41 Å². The van der Waals surface area contributed by atoms with Crippen LogP contribution in [0, 0.1) is 11.3 Å². The summed E-state index contributed by atoms with van der Waals surface area (Å²) in [4.78, 5) is 18.3. The van der Waals surface area contributed by atoms with Crippen molar-refractivity contribution in [3.8, 4) is 11.8 Å². The van der Waals surface area contributed by atoms with Crippen molar-refractivity contribution in [1.82, 2.24) is 4.98 Å². The fourth-order valence-corrected chi connectivity index (χ4v) is 4.16. The minimum absolute atomic E-state index is 0.0286. The van der Waals surface area contributed by atoms with Gasteiger partial charge in [0.05, 0.1) is 24.2 Å². The molecule has 1 N–H and O–H groups in total. The van der Waals surface area contributed by atoms with Gasteiger partial charge in [-0.1, -0.05) is 30.3 Å². The first kappa shape index (κ1) is 18.2. The van der Waals surface area contributed by atoms with Crippen molar-refractivity contribution >= 4 is 22.4 Å². The standard InChI is InChI=1S/C22H19N3O2S/c1-27-18-8-4-7-17(12-18)22(9-10-22)20(26)25-21-24-14-19(28-21)11-15-5-2-3-6-16(15)13-23/h2-8,12,14H,9-11H2,1H3,(H,24,25,26). The van der Waals surface area contributed by atoms with Crippen molar-refractivity contribution in [1.29, 1.82) is 5.26 Å². The van der Waals surface area contributed by atoms with Gasteiger partial charge >= 0.3 is 0 Å². The van der Waals surface area contributed by atoms with Gasteiger partial charge in [-0.3, -0.25) is 4.79 Å². The number of thiazole rings is 1. The normalized spacial score (nSPS) is 14.1. The van der Waals surface area contributed by atoms with Crippen LogP contribution in [0.3, 0.4) is 0 Å². The molecule has 2 aromatic carbocycles. The number of nitrogens with zero attached hydrogens (tertiary/aromatic N) is 2. The van der Waals surface area contributed by atoms with Gasteiger partial charge in [0.1, 0.15) is 5.75 Å². The lowest BCUT2D eigenvalue weighted by atomic mass is 9.95. The van der Waals surface area contributed by atoms with E-state index in [1.165, 1.54) is 11.3 Å². The van der Waals surface area contributed by atoms with E-state index >= 15 is 0 Å². The molecule has 6 heteroatoms. The fourth-order valence-electron chi connectivity index (χ4n) is 3.33. The summed E-state index contributed by atoms with van der Waals surface area (Å²) in [7, 11) is 1.63. The number of amides is 1. The summed E-state index contributed by atoms with van der Waals surface area (Å²) < 4.78 is 5.29. The van der Waals surface area contributed by atoms with Crippen LogP contribution in [0.15, 0.2) is 54.7 Å². The highest BCUT2D eigenvalue weighted by atomic mass is 32.1. The van der Waals surface area contributed by atoms with Crippen LogP contribution in [0.25, 0.3) is 0 Å². The van der Waals surface area contributed by atoms with E-state index in [-0.39, 0.29) is 5.91 Å². The fraction of sp³-hybridized carbons (Fsp3) is 0.227. The molecule has 1 fully saturated rings. The Morgan fingerprint density at radius 2 is 2.11 bits per heavy atom. The van der Waals surface area contributed by atoms with Crippen LogP contribution in [0.1, 0.15) is 34.4 Å². The second kappa shape index (κ2) is 7.45. The quantitative estimate of drug-likeness (QED) is 0.683. The Balaban J connectivity index is 1.48. The van der Waals surface area contributed by atoms with Gasteiger partial charge in [0.2, 0.25) is 5.91 Å². The molecule has 1 aliphatic carbocycles. The molecule has 1 aromatic heterocycles. The number of carbonyl (C=O) groups excluding carboxylic acids is 1. The molecule has 28 heavy (non-hydrogen) atoms. The SMILES string of the molecule is COc1cccc(C2(C(=O)Nc3ncc(Cc4ccccc4C#N)s3)CC2)c1. The van der Waals surface area contributed by atoms with Crippen LogP contribution in [0.2, 0.25) is 0 Å². The van der Waals surface area contributed by atoms with Crippen molar-refractivity contribution < 1.29 is 9.53 Å². The van der Waals surface area contributed by atoms with E-state index in [9.17, 15) is 10.1 Å². The number of ether oxygens (including phenoxy) is 1. The van der Waals surface area contributed by atoms with Gasteiger partial charge in [0.25, 0.3) is 0 Å². The van der Waals surface area contributed by atoms with E-state index in [4.69, 9.17) is 4.74 Å². The zero-order chi connectivity index (χ0) is 19.6. The smallest absolute Gasteiger partial charge is 0.236 e.